The van der Waals surface area contributed by atoms with Crippen molar-refractivity contribution in [1.29, 1.82) is 0 Å². The van der Waals surface area contributed by atoms with Crippen LogP contribution in [0.4, 0.5) is 0 Å². The molecule has 5 heteroatoms. The maximum absolute atomic E-state index is 10.8. The summed E-state index contributed by atoms with van der Waals surface area (Å²) in [6.45, 7) is 0.0444. The lowest BCUT2D eigenvalue weighted by Gasteiger charge is -2.05. The molecule has 0 aliphatic carbocycles. The van der Waals surface area contributed by atoms with E-state index in [1.54, 1.807) is 18.2 Å². The summed E-state index contributed by atoms with van der Waals surface area (Å²) in [5.74, 6) is -1.98. The molecule has 0 aliphatic rings. The number of carbonyl (C=O) groups is 2. The first-order chi connectivity index (χ1) is 7.11. The molecule has 0 heterocycles. The van der Waals surface area contributed by atoms with E-state index in [9.17, 15) is 9.59 Å². The Morgan fingerprint density at radius 3 is 2.47 bits per heavy atom. The van der Waals surface area contributed by atoms with E-state index >= 15 is 0 Å². The quantitative estimate of drug-likeness (QED) is 0.659. The Balaban J connectivity index is 2.67. The SMILES string of the molecule is O=C(O)CNCc1ccccc1C(=O)O. The number of hydrogen-bond donors (Lipinski definition) is 3. The zero-order chi connectivity index (χ0) is 11.3. The molecule has 0 atom stereocenters. The molecule has 5 nitrogen and oxygen atoms in total. The zero-order valence-corrected chi connectivity index (χ0v) is 7.93. The average molecular weight is 209 g/mol. The van der Waals surface area contributed by atoms with Gasteiger partial charge in [0.15, 0.2) is 0 Å². The summed E-state index contributed by atoms with van der Waals surface area (Å²) in [4.78, 5) is 21.0. The molecule has 0 saturated heterocycles. The molecule has 0 unspecified atom stereocenters. The van der Waals surface area contributed by atoms with Crippen molar-refractivity contribution in [3.63, 3.8) is 0 Å². The van der Waals surface area contributed by atoms with Gasteiger partial charge in [0.2, 0.25) is 0 Å². The van der Waals surface area contributed by atoms with Crippen LogP contribution in [-0.2, 0) is 11.3 Å². The number of aliphatic carboxylic acids is 1. The summed E-state index contributed by atoms with van der Waals surface area (Å²) in [5, 5.41) is 19.9. The number of benzene rings is 1. The fraction of sp³-hybridized carbons (Fsp3) is 0.200. The molecule has 0 spiro atoms. The molecule has 80 valence electrons. The minimum absolute atomic E-state index is 0.187. The molecule has 1 aromatic carbocycles. The summed E-state index contributed by atoms with van der Waals surface area (Å²) < 4.78 is 0. The number of carboxylic acid groups (broad SMARTS) is 2. The van der Waals surface area contributed by atoms with Gasteiger partial charge < -0.3 is 15.5 Å². The second kappa shape index (κ2) is 5.11. The van der Waals surface area contributed by atoms with Crippen molar-refractivity contribution in [1.82, 2.24) is 5.32 Å². The van der Waals surface area contributed by atoms with E-state index in [4.69, 9.17) is 10.2 Å². The average Bonchev–Trinajstić information content (AvgIpc) is 2.17. The summed E-state index contributed by atoms with van der Waals surface area (Å²) in [7, 11) is 0. The first-order valence-electron chi connectivity index (χ1n) is 4.35. The van der Waals surface area contributed by atoms with Crippen molar-refractivity contribution in [3.05, 3.63) is 35.4 Å². The Hall–Kier alpha value is -1.88. The number of hydrogen-bond acceptors (Lipinski definition) is 3. The molecule has 0 aliphatic heterocycles. The molecule has 0 amide bonds. The van der Waals surface area contributed by atoms with Gasteiger partial charge in [-0.1, -0.05) is 18.2 Å². The summed E-state index contributed by atoms with van der Waals surface area (Å²) in [6, 6.07) is 6.48. The van der Waals surface area contributed by atoms with E-state index in [1.165, 1.54) is 6.07 Å². The lowest BCUT2D eigenvalue weighted by molar-refractivity contribution is -0.135. The summed E-state index contributed by atoms with van der Waals surface area (Å²) in [6.07, 6.45) is 0. The van der Waals surface area contributed by atoms with Crippen LogP contribution in [0, 0.1) is 0 Å². The molecule has 0 bridgehead atoms. The second-order valence-electron chi connectivity index (χ2n) is 2.96. The highest BCUT2D eigenvalue weighted by molar-refractivity contribution is 5.89. The predicted octanol–water partition coefficient (Wildman–Crippen LogP) is 0.559. The Labute approximate surface area is 86.4 Å². The van der Waals surface area contributed by atoms with Gasteiger partial charge in [0.1, 0.15) is 0 Å². The van der Waals surface area contributed by atoms with E-state index in [-0.39, 0.29) is 18.7 Å². The van der Waals surface area contributed by atoms with Crippen molar-refractivity contribution in [2.24, 2.45) is 0 Å². The molecule has 0 saturated carbocycles. The van der Waals surface area contributed by atoms with Gasteiger partial charge in [-0.3, -0.25) is 4.79 Å². The highest BCUT2D eigenvalue weighted by Gasteiger charge is 2.08. The Bertz CT molecular complexity index is 375. The predicted molar refractivity (Wildman–Crippen MR) is 52.7 cm³/mol. The highest BCUT2D eigenvalue weighted by atomic mass is 16.4. The van der Waals surface area contributed by atoms with Gasteiger partial charge in [-0.2, -0.15) is 0 Å². The van der Waals surface area contributed by atoms with Gasteiger partial charge in [0.05, 0.1) is 12.1 Å². The summed E-state index contributed by atoms with van der Waals surface area (Å²) in [5.41, 5.74) is 0.765. The lowest BCUT2D eigenvalue weighted by Crippen LogP contribution is -2.22. The zero-order valence-electron chi connectivity index (χ0n) is 7.93. The Kier molecular flexibility index (Phi) is 3.82. The second-order valence-corrected chi connectivity index (χ2v) is 2.96. The minimum Gasteiger partial charge on any atom is -0.480 e. The van der Waals surface area contributed by atoms with Crippen LogP contribution in [0.1, 0.15) is 15.9 Å². The third kappa shape index (κ3) is 3.40. The van der Waals surface area contributed by atoms with Crippen molar-refractivity contribution < 1.29 is 19.8 Å². The molecule has 0 aromatic heterocycles. The molecule has 1 aromatic rings. The van der Waals surface area contributed by atoms with Crippen LogP contribution in [-0.4, -0.2) is 28.7 Å². The summed E-state index contributed by atoms with van der Waals surface area (Å²) >= 11 is 0. The van der Waals surface area contributed by atoms with E-state index < -0.39 is 11.9 Å². The molecule has 0 radical (unpaired) electrons. The van der Waals surface area contributed by atoms with Crippen LogP contribution in [0.3, 0.4) is 0 Å². The van der Waals surface area contributed by atoms with Crippen LogP contribution < -0.4 is 5.32 Å². The third-order valence-electron chi connectivity index (χ3n) is 1.84. The molecular weight excluding hydrogens is 198 g/mol. The highest BCUT2D eigenvalue weighted by Crippen LogP contribution is 2.07. The number of rotatable bonds is 5. The fourth-order valence-corrected chi connectivity index (χ4v) is 1.19. The van der Waals surface area contributed by atoms with Crippen LogP contribution in [0.15, 0.2) is 24.3 Å². The standard InChI is InChI=1S/C10H11NO4/c12-9(13)6-11-5-7-3-1-2-4-8(7)10(14)15/h1-4,11H,5-6H2,(H,12,13)(H,14,15). The van der Waals surface area contributed by atoms with Gasteiger partial charge in [0.25, 0.3) is 0 Å². The Morgan fingerprint density at radius 1 is 1.20 bits per heavy atom. The molecule has 3 N–H and O–H groups in total. The van der Waals surface area contributed by atoms with Crippen molar-refractivity contribution in [2.45, 2.75) is 6.54 Å². The minimum atomic E-state index is -1.01. The molecule has 0 fully saturated rings. The van der Waals surface area contributed by atoms with Crippen molar-refractivity contribution in [2.75, 3.05) is 6.54 Å². The van der Waals surface area contributed by atoms with Crippen molar-refractivity contribution >= 4 is 11.9 Å². The molecule has 1 rings (SSSR count). The van der Waals surface area contributed by atoms with Crippen LogP contribution in [0.25, 0.3) is 0 Å². The van der Waals surface area contributed by atoms with Crippen LogP contribution in [0.5, 0.6) is 0 Å². The van der Waals surface area contributed by atoms with E-state index in [0.29, 0.717) is 5.56 Å². The number of aromatic carboxylic acids is 1. The van der Waals surface area contributed by atoms with Gasteiger partial charge >= 0.3 is 11.9 Å². The largest absolute Gasteiger partial charge is 0.480 e. The first-order valence-corrected chi connectivity index (χ1v) is 4.35. The fourth-order valence-electron chi connectivity index (χ4n) is 1.19. The lowest BCUT2D eigenvalue weighted by atomic mass is 10.1. The normalized spacial score (nSPS) is 9.87. The number of nitrogens with one attached hydrogen (secondary N) is 1. The maximum atomic E-state index is 10.8. The van der Waals surface area contributed by atoms with Crippen LogP contribution >= 0.6 is 0 Å². The van der Waals surface area contributed by atoms with E-state index in [2.05, 4.69) is 5.32 Å². The van der Waals surface area contributed by atoms with Gasteiger partial charge in [-0.25, -0.2) is 4.79 Å². The van der Waals surface area contributed by atoms with E-state index in [1.807, 2.05) is 0 Å². The Morgan fingerprint density at radius 2 is 1.87 bits per heavy atom. The first kappa shape index (κ1) is 11.2. The molecular formula is C10H11NO4. The molecule has 15 heavy (non-hydrogen) atoms. The van der Waals surface area contributed by atoms with Crippen LogP contribution in [0.2, 0.25) is 0 Å². The van der Waals surface area contributed by atoms with E-state index in [0.717, 1.165) is 0 Å². The monoisotopic (exact) mass is 209 g/mol. The van der Waals surface area contributed by atoms with Gasteiger partial charge in [0, 0.05) is 6.54 Å². The van der Waals surface area contributed by atoms with Gasteiger partial charge in [-0.15, -0.1) is 0 Å². The van der Waals surface area contributed by atoms with Crippen molar-refractivity contribution in [3.8, 4) is 0 Å². The van der Waals surface area contributed by atoms with Gasteiger partial charge in [-0.05, 0) is 11.6 Å². The number of carboxylic acids is 2. The maximum Gasteiger partial charge on any atom is 0.336 e. The smallest absolute Gasteiger partial charge is 0.336 e. The third-order valence-corrected chi connectivity index (χ3v) is 1.84. The topological polar surface area (TPSA) is 86.6 Å².